The highest BCUT2D eigenvalue weighted by Gasteiger charge is 2.28. The van der Waals surface area contributed by atoms with Crippen LogP contribution >= 0.6 is 34.4 Å². The molecule has 116 valence electrons. The number of aromatic nitrogens is 1. The van der Waals surface area contributed by atoms with Crippen molar-refractivity contribution in [3.8, 4) is 10.6 Å². The summed E-state index contributed by atoms with van der Waals surface area (Å²) in [5, 5.41) is 5.57. The van der Waals surface area contributed by atoms with Crippen LogP contribution in [0.5, 0.6) is 0 Å². The van der Waals surface area contributed by atoms with Gasteiger partial charge in [0.15, 0.2) is 5.13 Å². The van der Waals surface area contributed by atoms with Crippen molar-refractivity contribution >= 4 is 45.5 Å². The number of carbonyl (C=O) groups excluding carboxylic acids is 1. The first-order valence-corrected chi connectivity index (χ1v) is 9.84. The van der Waals surface area contributed by atoms with E-state index in [0.717, 1.165) is 17.0 Å². The predicted octanol–water partition coefficient (Wildman–Crippen LogP) is 4.84. The van der Waals surface area contributed by atoms with Crippen LogP contribution in [0, 0.1) is 6.92 Å². The number of fused-ring (bicyclic) bond motifs is 1. The molecule has 0 saturated carbocycles. The van der Waals surface area contributed by atoms with Gasteiger partial charge in [0, 0.05) is 15.2 Å². The zero-order chi connectivity index (χ0) is 15.8. The van der Waals surface area contributed by atoms with Gasteiger partial charge in [0.05, 0.1) is 15.8 Å². The molecule has 1 N–H and O–H groups in total. The normalized spacial score (nSPS) is 16.3. The van der Waals surface area contributed by atoms with E-state index in [1.165, 1.54) is 26.7 Å². The number of hydrogen-bond donors (Lipinski definition) is 1. The molecule has 3 aromatic rings. The number of benzene rings is 1. The second-order valence-corrected chi connectivity index (χ2v) is 8.75. The van der Waals surface area contributed by atoms with E-state index in [1.54, 1.807) is 23.1 Å². The van der Waals surface area contributed by atoms with Crippen molar-refractivity contribution in [1.82, 2.24) is 4.98 Å². The summed E-state index contributed by atoms with van der Waals surface area (Å²) in [6, 6.07) is 12.4. The second-order valence-electron chi connectivity index (χ2n) is 5.36. The Labute approximate surface area is 146 Å². The smallest absolute Gasteiger partial charge is 0.239 e. The van der Waals surface area contributed by atoms with Crippen LogP contribution in [0.25, 0.3) is 10.6 Å². The third-order valence-electron chi connectivity index (χ3n) is 3.67. The number of rotatable bonds is 3. The van der Waals surface area contributed by atoms with Gasteiger partial charge in [-0.1, -0.05) is 18.2 Å². The lowest BCUT2D eigenvalue weighted by molar-refractivity contribution is -0.115. The molecule has 1 aliphatic rings. The Balaban J connectivity index is 1.45. The minimum Gasteiger partial charge on any atom is -0.301 e. The number of thiophene rings is 1. The first-order chi connectivity index (χ1) is 11.2. The number of thiazole rings is 1. The molecule has 0 radical (unpaired) electrons. The Morgan fingerprint density at radius 1 is 1.26 bits per heavy atom. The molecule has 1 aromatic carbocycles. The van der Waals surface area contributed by atoms with Crippen LogP contribution in [0.15, 0.2) is 46.7 Å². The molecule has 0 spiro atoms. The lowest BCUT2D eigenvalue weighted by Crippen LogP contribution is -2.24. The molecule has 1 unspecified atom stereocenters. The van der Waals surface area contributed by atoms with Crippen molar-refractivity contribution in [2.45, 2.75) is 23.5 Å². The van der Waals surface area contributed by atoms with Gasteiger partial charge >= 0.3 is 0 Å². The third kappa shape index (κ3) is 3.06. The molecule has 23 heavy (non-hydrogen) atoms. The number of hydrogen-bond acceptors (Lipinski definition) is 5. The maximum Gasteiger partial charge on any atom is 0.239 e. The topological polar surface area (TPSA) is 42.0 Å². The quantitative estimate of drug-likeness (QED) is 0.729. The summed E-state index contributed by atoms with van der Waals surface area (Å²) in [4.78, 5) is 20.6. The lowest BCUT2D eigenvalue weighted by atomic mass is 10.1. The van der Waals surface area contributed by atoms with Crippen molar-refractivity contribution in [3.63, 3.8) is 0 Å². The second kappa shape index (κ2) is 6.11. The van der Waals surface area contributed by atoms with Gasteiger partial charge in [-0.2, -0.15) is 0 Å². The van der Waals surface area contributed by atoms with Gasteiger partial charge in [-0.15, -0.1) is 34.4 Å². The standard InChI is InChI=1S/C17H14N2OS3/c1-10-6-7-14(22-10)12-9-21-17(18-12)19-16(20)15-8-11-4-2-3-5-13(11)23-15/h2-7,9,15H,8H2,1H3,(H,18,19,20). The zero-order valence-electron chi connectivity index (χ0n) is 12.4. The Hall–Kier alpha value is -1.63. The van der Waals surface area contributed by atoms with E-state index in [4.69, 9.17) is 0 Å². The fourth-order valence-corrected chi connectivity index (χ4v) is 5.34. The summed E-state index contributed by atoms with van der Waals surface area (Å²) in [5.74, 6) is 0.0365. The van der Waals surface area contributed by atoms with Gasteiger partial charge in [0.1, 0.15) is 0 Å². The number of thioether (sulfide) groups is 1. The lowest BCUT2D eigenvalue weighted by Gasteiger charge is -2.07. The number of nitrogens with one attached hydrogen (secondary N) is 1. The summed E-state index contributed by atoms with van der Waals surface area (Å²) in [7, 11) is 0. The molecule has 3 nitrogen and oxygen atoms in total. The van der Waals surface area contributed by atoms with E-state index in [2.05, 4.69) is 41.5 Å². The molecule has 3 heterocycles. The SMILES string of the molecule is Cc1ccc(-c2csc(NC(=O)C3Cc4ccccc4S3)n2)s1. The number of aryl methyl sites for hydroxylation is 1. The van der Waals surface area contributed by atoms with Crippen molar-refractivity contribution in [3.05, 3.63) is 52.2 Å². The number of amides is 1. The van der Waals surface area contributed by atoms with Crippen LogP contribution in [0.4, 0.5) is 5.13 Å². The Morgan fingerprint density at radius 3 is 2.91 bits per heavy atom. The molecule has 0 saturated heterocycles. The van der Waals surface area contributed by atoms with Crippen LogP contribution in [-0.4, -0.2) is 16.1 Å². The maximum atomic E-state index is 12.5. The Bertz CT molecular complexity index is 843. The van der Waals surface area contributed by atoms with Crippen molar-refractivity contribution < 1.29 is 4.79 Å². The van der Waals surface area contributed by atoms with E-state index in [0.29, 0.717) is 5.13 Å². The molecule has 2 aromatic heterocycles. The van der Waals surface area contributed by atoms with Gasteiger partial charge < -0.3 is 5.32 Å². The molecular formula is C17H14N2OS3. The molecule has 0 bridgehead atoms. The number of nitrogens with zero attached hydrogens (tertiary/aromatic N) is 1. The third-order valence-corrected chi connectivity index (χ3v) is 6.77. The summed E-state index contributed by atoms with van der Waals surface area (Å²) < 4.78 is 0. The monoisotopic (exact) mass is 358 g/mol. The highest BCUT2D eigenvalue weighted by atomic mass is 32.2. The first kappa shape index (κ1) is 14.9. The zero-order valence-corrected chi connectivity index (χ0v) is 14.9. The van der Waals surface area contributed by atoms with E-state index in [1.807, 2.05) is 17.5 Å². The molecule has 4 rings (SSSR count). The van der Waals surface area contributed by atoms with Crippen LogP contribution in [0.3, 0.4) is 0 Å². The first-order valence-electron chi connectivity index (χ1n) is 7.27. The minimum absolute atomic E-state index is 0.0365. The molecule has 1 amide bonds. The van der Waals surface area contributed by atoms with Gasteiger partial charge in [0.25, 0.3) is 0 Å². The van der Waals surface area contributed by atoms with Crippen LogP contribution in [-0.2, 0) is 11.2 Å². The van der Waals surface area contributed by atoms with E-state index >= 15 is 0 Å². The highest BCUT2D eigenvalue weighted by molar-refractivity contribution is 8.01. The molecule has 0 fully saturated rings. The fourth-order valence-electron chi connectivity index (χ4n) is 2.53. The molecular weight excluding hydrogens is 344 g/mol. The summed E-state index contributed by atoms with van der Waals surface area (Å²) >= 11 is 4.83. The number of anilines is 1. The van der Waals surface area contributed by atoms with E-state index < -0.39 is 0 Å². The average molecular weight is 359 g/mol. The molecule has 1 aliphatic heterocycles. The van der Waals surface area contributed by atoms with Gasteiger partial charge in [0.2, 0.25) is 5.91 Å². The van der Waals surface area contributed by atoms with Crippen molar-refractivity contribution in [2.24, 2.45) is 0 Å². The van der Waals surface area contributed by atoms with E-state index in [-0.39, 0.29) is 11.2 Å². The molecule has 0 aliphatic carbocycles. The molecule has 6 heteroatoms. The van der Waals surface area contributed by atoms with E-state index in [9.17, 15) is 4.79 Å². The fraction of sp³-hybridized carbons (Fsp3) is 0.176. The van der Waals surface area contributed by atoms with Crippen LogP contribution in [0.1, 0.15) is 10.4 Å². The molecule has 1 atom stereocenters. The van der Waals surface area contributed by atoms with Gasteiger partial charge in [-0.05, 0) is 37.1 Å². The van der Waals surface area contributed by atoms with Crippen molar-refractivity contribution in [1.29, 1.82) is 0 Å². The summed E-state index contributed by atoms with van der Waals surface area (Å²) in [6.07, 6.45) is 0.787. The summed E-state index contributed by atoms with van der Waals surface area (Å²) in [6.45, 7) is 2.08. The van der Waals surface area contributed by atoms with Gasteiger partial charge in [-0.25, -0.2) is 4.98 Å². The van der Waals surface area contributed by atoms with Gasteiger partial charge in [-0.3, -0.25) is 4.79 Å². The number of carbonyl (C=O) groups is 1. The predicted molar refractivity (Wildman–Crippen MR) is 98.6 cm³/mol. The largest absolute Gasteiger partial charge is 0.301 e. The van der Waals surface area contributed by atoms with Crippen LogP contribution < -0.4 is 5.32 Å². The maximum absolute atomic E-state index is 12.5. The average Bonchev–Trinajstić information content (AvgIpc) is 3.25. The Morgan fingerprint density at radius 2 is 2.13 bits per heavy atom. The van der Waals surface area contributed by atoms with Crippen molar-refractivity contribution in [2.75, 3.05) is 5.32 Å². The minimum atomic E-state index is -0.0660. The Kier molecular flexibility index (Phi) is 3.97. The van der Waals surface area contributed by atoms with Crippen LogP contribution in [0.2, 0.25) is 0 Å². The summed E-state index contributed by atoms with van der Waals surface area (Å²) in [5.41, 5.74) is 2.19. The highest BCUT2D eigenvalue weighted by Crippen LogP contribution is 2.37.